The minimum Gasteiger partial charge on any atom is -0.478 e. The zero-order valence-electron chi connectivity index (χ0n) is 13.8. The number of hydrogen-bond donors (Lipinski definition) is 1. The number of carboxylic acids is 1. The predicted molar refractivity (Wildman–Crippen MR) is 94.6 cm³/mol. The monoisotopic (exact) mass is 417 g/mol. The van der Waals surface area contributed by atoms with Crippen LogP contribution in [0.1, 0.15) is 33.5 Å². The molecule has 0 aromatic heterocycles. The molecule has 1 aliphatic heterocycles. The number of benzene rings is 2. The number of alkyl halides is 3. The van der Waals surface area contributed by atoms with E-state index < -0.39 is 24.2 Å². The maximum Gasteiger partial charge on any atom is 0.435 e. The summed E-state index contributed by atoms with van der Waals surface area (Å²) in [4.78, 5) is 16.0. The van der Waals surface area contributed by atoms with E-state index in [9.17, 15) is 18.0 Å². The number of oxime groups is 1. The Morgan fingerprint density at radius 2 is 1.81 bits per heavy atom. The molecule has 4 nitrogen and oxygen atoms in total. The van der Waals surface area contributed by atoms with Crippen molar-refractivity contribution in [1.82, 2.24) is 0 Å². The summed E-state index contributed by atoms with van der Waals surface area (Å²) in [5, 5.41) is 12.8. The first-order valence-corrected chi connectivity index (χ1v) is 8.42. The van der Waals surface area contributed by atoms with Crippen molar-refractivity contribution in [3.8, 4) is 0 Å². The van der Waals surface area contributed by atoms with Crippen molar-refractivity contribution >= 4 is 34.9 Å². The van der Waals surface area contributed by atoms with E-state index in [1.165, 1.54) is 24.3 Å². The molecule has 0 aliphatic carbocycles. The largest absolute Gasteiger partial charge is 0.478 e. The molecule has 1 aliphatic rings. The van der Waals surface area contributed by atoms with E-state index in [0.29, 0.717) is 11.1 Å². The molecule has 0 saturated heterocycles. The SMILES string of the molecule is Cc1cc(C2=NO[C@@](c3cc(Cl)cc(Cl)c3)(C(F)(F)F)C2)ccc1C(=O)O. The standard InChI is InChI=1S/C18H12Cl2F3NO3/c1-9-4-10(2-3-14(9)16(25)26)15-8-17(27-24-15,18(21,22)23)11-5-12(19)7-13(20)6-11/h2-7H,8H2,1H3,(H,25,26)/t17-/m0/s1. The number of carboxylic acid groups (broad SMARTS) is 1. The minimum atomic E-state index is -4.79. The molecule has 142 valence electrons. The van der Waals surface area contributed by atoms with Crippen LogP contribution in [0.5, 0.6) is 0 Å². The van der Waals surface area contributed by atoms with Crippen LogP contribution in [0, 0.1) is 6.92 Å². The van der Waals surface area contributed by atoms with Crippen molar-refractivity contribution in [2.45, 2.75) is 25.1 Å². The summed E-state index contributed by atoms with van der Waals surface area (Å²) < 4.78 is 41.8. The van der Waals surface area contributed by atoms with E-state index in [0.717, 1.165) is 12.1 Å². The maximum atomic E-state index is 13.9. The predicted octanol–water partition coefficient (Wildman–Crippen LogP) is 5.58. The molecule has 0 unspecified atom stereocenters. The van der Waals surface area contributed by atoms with E-state index in [4.69, 9.17) is 33.1 Å². The smallest absolute Gasteiger partial charge is 0.435 e. The van der Waals surface area contributed by atoms with Gasteiger partial charge >= 0.3 is 12.1 Å². The van der Waals surface area contributed by atoms with Gasteiger partial charge in [0.2, 0.25) is 0 Å². The highest BCUT2D eigenvalue weighted by molar-refractivity contribution is 6.34. The molecule has 0 fully saturated rings. The van der Waals surface area contributed by atoms with Crippen LogP contribution in [-0.2, 0) is 10.4 Å². The Bertz CT molecular complexity index is 939. The van der Waals surface area contributed by atoms with Crippen molar-refractivity contribution in [3.05, 3.63) is 68.7 Å². The fraction of sp³-hybridized carbons (Fsp3) is 0.222. The highest BCUT2D eigenvalue weighted by Gasteiger charge is 2.62. The number of aryl methyl sites for hydroxylation is 1. The van der Waals surface area contributed by atoms with Crippen molar-refractivity contribution in [3.63, 3.8) is 0 Å². The number of hydrogen-bond acceptors (Lipinski definition) is 3. The topological polar surface area (TPSA) is 58.9 Å². The lowest BCUT2D eigenvalue weighted by atomic mass is 9.86. The zero-order chi connectivity index (χ0) is 20.0. The van der Waals surface area contributed by atoms with Gasteiger partial charge in [0.05, 0.1) is 11.3 Å². The Kier molecular flexibility index (Phi) is 4.86. The molecule has 0 radical (unpaired) electrons. The Labute approximate surface area is 162 Å². The lowest BCUT2D eigenvalue weighted by molar-refractivity contribution is -0.275. The van der Waals surface area contributed by atoms with Gasteiger partial charge in [0.25, 0.3) is 5.60 Å². The molecule has 2 aromatic rings. The van der Waals surface area contributed by atoms with E-state index in [-0.39, 0.29) is 26.9 Å². The highest BCUT2D eigenvalue weighted by Crippen LogP contribution is 2.49. The van der Waals surface area contributed by atoms with Gasteiger partial charge in [-0.25, -0.2) is 4.79 Å². The molecule has 2 aromatic carbocycles. The summed E-state index contributed by atoms with van der Waals surface area (Å²) in [5.74, 6) is -1.12. The van der Waals surface area contributed by atoms with Gasteiger partial charge in [-0.1, -0.05) is 34.4 Å². The van der Waals surface area contributed by atoms with Crippen molar-refractivity contribution in [1.29, 1.82) is 0 Å². The Morgan fingerprint density at radius 3 is 2.33 bits per heavy atom. The summed E-state index contributed by atoms with van der Waals surface area (Å²) in [7, 11) is 0. The molecule has 9 heteroatoms. The maximum absolute atomic E-state index is 13.9. The van der Waals surface area contributed by atoms with E-state index in [1.807, 2.05) is 0 Å². The second kappa shape index (κ2) is 6.73. The van der Waals surface area contributed by atoms with Crippen LogP contribution in [0.4, 0.5) is 13.2 Å². The fourth-order valence-corrected chi connectivity index (χ4v) is 3.45. The van der Waals surface area contributed by atoms with Gasteiger partial charge in [0, 0.05) is 22.0 Å². The Hall–Kier alpha value is -2.25. The van der Waals surface area contributed by atoms with Gasteiger partial charge in [-0.05, 0) is 48.4 Å². The molecule has 0 bridgehead atoms. The average molecular weight is 418 g/mol. The lowest BCUT2D eigenvalue weighted by Gasteiger charge is -2.29. The molecule has 1 N–H and O–H groups in total. The minimum absolute atomic E-state index is 0.0415. The van der Waals surface area contributed by atoms with Gasteiger partial charge in [0.15, 0.2) is 0 Å². The lowest BCUT2D eigenvalue weighted by Crippen LogP contribution is -2.42. The fourth-order valence-electron chi connectivity index (χ4n) is 2.93. The second-order valence-corrected chi connectivity index (χ2v) is 7.00. The molecule has 0 amide bonds. The van der Waals surface area contributed by atoms with Gasteiger partial charge in [-0.2, -0.15) is 13.2 Å². The van der Waals surface area contributed by atoms with Crippen molar-refractivity contribution < 1.29 is 27.9 Å². The number of aromatic carboxylic acids is 1. The van der Waals surface area contributed by atoms with E-state index in [1.54, 1.807) is 6.92 Å². The summed E-state index contributed by atoms with van der Waals surface area (Å²) in [6, 6.07) is 7.77. The van der Waals surface area contributed by atoms with Gasteiger partial charge in [0.1, 0.15) is 0 Å². The zero-order valence-corrected chi connectivity index (χ0v) is 15.3. The first-order valence-electron chi connectivity index (χ1n) is 7.66. The number of nitrogens with zero attached hydrogens (tertiary/aromatic N) is 1. The summed E-state index contributed by atoms with van der Waals surface area (Å²) in [6.45, 7) is 1.55. The number of carbonyl (C=O) groups is 1. The summed E-state index contributed by atoms with van der Waals surface area (Å²) in [5.41, 5.74) is -2.14. The molecule has 1 atom stereocenters. The molecule has 27 heavy (non-hydrogen) atoms. The van der Waals surface area contributed by atoms with E-state index >= 15 is 0 Å². The highest BCUT2D eigenvalue weighted by atomic mass is 35.5. The third-order valence-electron chi connectivity index (χ3n) is 4.30. The first-order chi connectivity index (χ1) is 12.5. The van der Waals surface area contributed by atoms with Crippen LogP contribution in [-0.4, -0.2) is 23.0 Å². The second-order valence-electron chi connectivity index (χ2n) is 6.12. The van der Waals surface area contributed by atoms with Crippen molar-refractivity contribution in [2.24, 2.45) is 5.16 Å². The van der Waals surface area contributed by atoms with Gasteiger partial charge < -0.3 is 9.94 Å². The summed E-state index contributed by atoms with van der Waals surface area (Å²) in [6.07, 6.45) is -5.39. The van der Waals surface area contributed by atoms with Gasteiger partial charge in [-0.3, -0.25) is 0 Å². The molecule has 0 saturated carbocycles. The molecular weight excluding hydrogens is 406 g/mol. The van der Waals surface area contributed by atoms with Crippen molar-refractivity contribution in [2.75, 3.05) is 0 Å². The molecular formula is C18H12Cl2F3NO3. The van der Waals surface area contributed by atoms with Crippen LogP contribution >= 0.6 is 23.2 Å². The molecule has 3 rings (SSSR count). The van der Waals surface area contributed by atoms with Crippen LogP contribution in [0.3, 0.4) is 0 Å². The van der Waals surface area contributed by atoms with Crippen LogP contribution in [0.15, 0.2) is 41.6 Å². The van der Waals surface area contributed by atoms with Crippen LogP contribution in [0.25, 0.3) is 0 Å². The quantitative estimate of drug-likeness (QED) is 0.708. The van der Waals surface area contributed by atoms with Crippen LogP contribution < -0.4 is 0 Å². The molecule has 1 heterocycles. The van der Waals surface area contributed by atoms with Crippen LogP contribution in [0.2, 0.25) is 10.0 Å². The third-order valence-corrected chi connectivity index (χ3v) is 4.74. The Balaban J connectivity index is 2.02. The molecule has 0 spiro atoms. The van der Waals surface area contributed by atoms with E-state index in [2.05, 4.69) is 5.16 Å². The summed E-state index contributed by atoms with van der Waals surface area (Å²) >= 11 is 11.7. The third kappa shape index (κ3) is 3.49. The number of rotatable bonds is 3. The normalized spacial score (nSPS) is 19.6. The Morgan fingerprint density at radius 1 is 1.19 bits per heavy atom. The first kappa shape index (κ1) is 19.5. The average Bonchev–Trinajstić information content (AvgIpc) is 3.00. The number of halogens is 5. The van der Waals surface area contributed by atoms with Gasteiger partial charge in [-0.15, -0.1) is 0 Å².